The van der Waals surface area contributed by atoms with Gasteiger partial charge in [0.15, 0.2) is 5.60 Å². The molecule has 348 valence electrons. The number of nitrogens with one attached hydrogen (secondary N) is 1. The SMILES string of the molecule is COc1ccc(S(=O)(=O)N(CC(C)C)C[C@H]2OC(C)(C)N(C(=O)OC(C)(C)C)[C@H]2Cc2ccc(OC(C)(C)C(=O)Nc3sc4c(c3C(=O)OCC(C)C)CC(C)(C)CC4)cc2)cc1. The molecule has 1 N–H and O–H groups in total. The number of anilines is 1. The Balaban J connectivity index is 1.39. The topological polar surface area (TPSA) is 150 Å². The van der Waals surface area contributed by atoms with E-state index < -0.39 is 57.1 Å². The van der Waals surface area contributed by atoms with Gasteiger partial charge in [-0.05, 0) is 139 Å². The molecule has 1 fully saturated rings. The van der Waals surface area contributed by atoms with Gasteiger partial charge in [0.1, 0.15) is 27.8 Å². The van der Waals surface area contributed by atoms with E-state index in [9.17, 15) is 22.8 Å². The molecule has 2 heterocycles. The summed E-state index contributed by atoms with van der Waals surface area (Å²) in [4.78, 5) is 44.2. The zero-order chi connectivity index (χ0) is 46.9. The van der Waals surface area contributed by atoms with Crippen LogP contribution in [0.4, 0.5) is 9.80 Å². The third-order valence-corrected chi connectivity index (χ3v) is 14.1. The summed E-state index contributed by atoms with van der Waals surface area (Å²) in [5.74, 6) is 0.271. The van der Waals surface area contributed by atoms with Crippen LogP contribution in [0.15, 0.2) is 53.4 Å². The molecule has 1 saturated heterocycles. The van der Waals surface area contributed by atoms with Crippen molar-refractivity contribution in [1.82, 2.24) is 9.21 Å². The Kier molecular flexibility index (Phi) is 15.1. The number of thiophene rings is 1. The first-order valence-electron chi connectivity index (χ1n) is 21.9. The molecular weight excluding hydrogens is 843 g/mol. The lowest BCUT2D eigenvalue weighted by Crippen LogP contribution is -2.52. The molecule has 2 aliphatic rings. The van der Waals surface area contributed by atoms with E-state index in [1.54, 1.807) is 77.6 Å². The minimum atomic E-state index is -3.99. The maximum Gasteiger partial charge on any atom is 0.412 e. The van der Waals surface area contributed by atoms with Crippen molar-refractivity contribution in [3.8, 4) is 11.5 Å². The summed E-state index contributed by atoms with van der Waals surface area (Å²) in [5.41, 5.74) is -1.08. The second kappa shape index (κ2) is 19.1. The summed E-state index contributed by atoms with van der Waals surface area (Å²) >= 11 is 1.43. The molecule has 1 aliphatic heterocycles. The van der Waals surface area contributed by atoms with Crippen molar-refractivity contribution in [3.63, 3.8) is 0 Å². The summed E-state index contributed by atoms with van der Waals surface area (Å²) in [7, 11) is -2.46. The van der Waals surface area contributed by atoms with Gasteiger partial charge in [0, 0.05) is 18.0 Å². The van der Waals surface area contributed by atoms with Crippen LogP contribution in [-0.4, -0.2) is 91.5 Å². The van der Waals surface area contributed by atoms with Gasteiger partial charge in [0.25, 0.3) is 5.91 Å². The van der Waals surface area contributed by atoms with E-state index >= 15 is 0 Å². The van der Waals surface area contributed by atoms with Crippen LogP contribution in [0.5, 0.6) is 11.5 Å². The lowest BCUT2D eigenvalue weighted by molar-refractivity contribution is -0.128. The Morgan fingerprint density at radius 3 is 2.13 bits per heavy atom. The minimum Gasteiger partial charge on any atom is -0.497 e. The molecule has 2 atom stereocenters. The molecule has 0 spiro atoms. The molecule has 1 aliphatic carbocycles. The van der Waals surface area contributed by atoms with Crippen molar-refractivity contribution in [2.45, 2.75) is 150 Å². The van der Waals surface area contributed by atoms with Gasteiger partial charge in [-0.3, -0.25) is 9.69 Å². The van der Waals surface area contributed by atoms with E-state index in [0.29, 0.717) is 34.9 Å². The molecule has 1 aromatic heterocycles. The molecule has 63 heavy (non-hydrogen) atoms. The summed E-state index contributed by atoms with van der Waals surface area (Å²) in [6.07, 6.45) is 1.50. The van der Waals surface area contributed by atoms with E-state index in [-0.39, 0.29) is 41.8 Å². The van der Waals surface area contributed by atoms with Gasteiger partial charge < -0.3 is 29.0 Å². The normalized spacial score (nSPS) is 18.7. The standard InChI is InChI=1S/C48H69N3O10S2/c1-30(2)27-50(63(55,56)35-21-19-33(57-14)20-22-35)28-38-37(51(48(12,13)60-38)44(54)61-45(5,6)7)25-32-15-17-34(18-16-32)59-47(10,11)43(53)49-41-40(42(52)58-29-31(3)4)36-26-46(8,9)24-23-39(36)62-41/h15-22,30-31,37-38H,23-29H2,1-14H3,(H,49,53)/t37-,38+/m0/s1. The number of esters is 1. The number of hydrogen-bond acceptors (Lipinski definition) is 11. The molecule has 2 aromatic carbocycles. The number of hydrogen-bond donors (Lipinski definition) is 1. The van der Waals surface area contributed by atoms with Gasteiger partial charge in [0.05, 0.1) is 36.3 Å². The van der Waals surface area contributed by atoms with Crippen LogP contribution in [-0.2, 0) is 48.3 Å². The Bertz CT molecular complexity index is 2200. The minimum absolute atomic E-state index is 0.0111. The van der Waals surface area contributed by atoms with Gasteiger partial charge in [-0.1, -0.05) is 53.7 Å². The van der Waals surface area contributed by atoms with Crippen LogP contribution in [0.25, 0.3) is 0 Å². The summed E-state index contributed by atoms with van der Waals surface area (Å²) < 4.78 is 59.6. The molecular formula is C48H69N3O10S2. The maximum atomic E-state index is 14.2. The number of amides is 2. The number of rotatable bonds is 16. The lowest BCUT2D eigenvalue weighted by atomic mass is 9.76. The average Bonchev–Trinajstić information content (AvgIpc) is 3.64. The quantitative estimate of drug-likeness (QED) is 0.138. The number of benzene rings is 2. The van der Waals surface area contributed by atoms with Crippen LogP contribution >= 0.6 is 11.3 Å². The maximum absolute atomic E-state index is 14.2. The van der Waals surface area contributed by atoms with Crippen molar-refractivity contribution in [3.05, 3.63) is 70.1 Å². The monoisotopic (exact) mass is 911 g/mol. The average molecular weight is 912 g/mol. The van der Waals surface area contributed by atoms with Crippen LogP contribution in [0.1, 0.15) is 123 Å². The molecule has 3 aromatic rings. The second-order valence-corrected chi connectivity index (χ2v) is 23.4. The highest BCUT2D eigenvalue weighted by molar-refractivity contribution is 7.89. The highest BCUT2D eigenvalue weighted by atomic mass is 32.2. The predicted octanol–water partition coefficient (Wildman–Crippen LogP) is 9.51. The third-order valence-electron chi connectivity index (χ3n) is 11.1. The van der Waals surface area contributed by atoms with Crippen LogP contribution in [0.3, 0.4) is 0 Å². The van der Waals surface area contributed by atoms with Crippen LogP contribution in [0, 0.1) is 17.3 Å². The summed E-state index contributed by atoms with van der Waals surface area (Å²) in [6.45, 7) is 25.0. The highest BCUT2D eigenvalue weighted by Crippen LogP contribution is 2.45. The fourth-order valence-corrected chi connectivity index (χ4v) is 10.8. The molecule has 15 heteroatoms. The fourth-order valence-electron chi connectivity index (χ4n) is 7.96. The lowest BCUT2D eigenvalue weighted by Gasteiger charge is -2.35. The number of nitrogens with zero attached hydrogens (tertiary/aromatic N) is 2. The number of carbonyl (C=O) groups excluding carboxylic acids is 3. The number of aryl methyl sites for hydroxylation is 1. The number of fused-ring (bicyclic) bond motifs is 1. The van der Waals surface area contributed by atoms with Gasteiger partial charge in [-0.2, -0.15) is 4.31 Å². The van der Waals surface area contributed by atoms with Crippen molar-refractivity contribution in [1.29, 1.82) is 0 Å². The zero-order valence-corrected chi connectivity index (χ0v) is 41.3. The molecule has 5 rings (SSSR count). The van der Waals surface area contributed by atoms with Crippen LogP contribution < -0.4 is 14.8 Å². The molecule has 0 saturated carbocycles. The molecule has 13 nitrogen and oxygen atoms in total. The largest absolute Gasteiger partial charge is 0.497 e. The van der Waals surface area contributed by atoms with Gasteiger partial charge in [-0.25, -0.2) is 18.0 Å². The van der Waals surface area contributed by atoms with Crippen molar-refractivity contribution < 1.29 is 46.5 Å². The fraction of sp³-hybridized carbons (Fsp3) is 0.604. The Morgan fingerprint density at radius 1 is 0.937 bits per heavy atom. The Hall–Kier alpha value is -4.18. The van der Waals surface area contributed by atoms with Gasteiger partial charge >= 0.3 is 12.1 Å². The van der Waals surface area contributed by atoms with Crippen molar-refractivity contribution >= 4 is 44.3 Å². The first kappa shape index (κ1) is 49.8. The van der Waals surface area contributed by atoms with E-state index in [2.05, 4.69) is 19.2 Å². The zero-order valence-electron chi connectivity index (χ0n) is 39.7. The summed E-state index contributed by atoms with van der Waals surface area (Å²) in [6, 6.07) is 12.9. The number of ether oxygens (including phenoxy) is 5. The van der Waals surface area contributed by atoms with Crippen molar-refractivity contribution in [2.24, 2.45) is 17.3 Å². The summed E-state index contributed by atoms with van der Waals surface area (Å²) in [5, 5.41) is 3.49. The van der Waals surface area contributed by atoms with E-state index in [0.717, 1.165) is 28.8 Å². The van der Waals surface area contributed by atoms with Gasteiger partial charge in [0.2, 0.25) is 10.0 Å². The van der Waals surface area contributed by atoms with Gasteiger partial charge in [-0.15, -0.1) is 11.3 Å². The first-order chi connectivity index (χ1) is 29.1. The van der Waals surface area contributed by atoms with E-state index in [1.807, 2.05) is 39.8 Å². The van der Waals surface area contributed by atoms with Crippen molar-refractivity contribution in [2.75, 3.05) is 32.1 Å². The first-order valence-corrected chi connectivity index (χ1v) is 24.1. The van der Waals surface area contributed by atoms with E-state index in [1.165, 1.54) is 34.9 Å². The smallest absolute Gasteiger partial charge is 0.412 e. The molecule has 0 radical (unpaired) electrons. The molecule has 2 amide bonds. The molecule has 0 bridgehead atoms. The highest BCUT2D eigenvalue weighted by Gasteiger charge is 2.52. The Morgan fingerprint density at radius 2 is 1.56 bits per heavy atom. The van der Waals surface area contributed by atoms with Crippen LogP contribution in [0.2, 0.25) is 0 Å². The number of sulfonamides is 1. The number of methoxy groups -OCH3 is 1. The van der Waals surface area contributed by atoms with E-state index in [4.69, 9.17) is 23.7 Å². The third kappa shape index (κ3) is 12.3. The number of carbonyl (C=O) groups is 3. The Labute approximate surface area is 379 Å². The second-order valence-electron chi connectivity index (χ2n) is 20.4. The molecule has 0 unspecified atom stereocenters. The predicted molar refractivity (Wildman–Crippen MR) is 246 cm³/mol.